The van der Waals surface area contributed by atoms with E-state index in [1.807, 2.05) is 0 Å². The zero-order chi connectivity index (χ0) is 12.1. The highest BCUT2D eigenvalue weighted by Gasteiger charge is 2.20. The summed E-state index contributed by atoms with van der Waals surface area (Å²) in [6, 6.07) is 2.90. The number of ether oxygens (including phenoxy) is 2. The molecule has 0 aromatic heterocycles. The largest absolute Gasteiger partial charge is 0.496 e. The van der Waals surface area contributed by atoms with Crippen molar-refractivity contribution in [2.24, 2.45) is 5.73 Å². The quantitative estimate of drug-likeness (QED) is 0.772. The number of methoxy groups -OCH3 is 2. The van der Waals surface area contributed by atoms with Crippen LogP contribution >= 0.6 is 0 Å². The molecule has 0 saturated heterocycles. The lowest BCUT2D eigenvalue weighted by Crippen LogP contribution is -2.11. The van der Waals surface area contributed by atoms with E-state index < -0.39 is 11.6 Å². The van der Waals surface area contributed by atoms with Crippen molar-refractivity contribution in [3.63, 3.8) is 0 Å². The Labute approximate surface area is 93.2 Å². The Kier molecular flexibility index (Phi) is 4.25. The van der Waals surface area contributed by atoms with E-state index in [2.05, 4.69) is 0 Å². The molecule has 1 aromatic carbocycles. The fraction of sp³-hybridized carbons (Fsp3) is 0.364. The maximum atomic E-state index is 13.8. The van der Waals surface area contributed by atoms with Gasteiger partial charge in [0.25, 0.3) is 0 Å². The van der Waals surface area contributed by atoms with Gasteiger partial charge in [0.2, 0.25) is 0 Å². The summed E-state index contributed by atoms with van der Waals surface area (Å²) in [6.45, 7) is 0.165. The van der Waals surface area contributed by atoms with E-state index in [0.717, 1.165) is 0 Å². The lowest BCUT2D eigenvalue weighted by Gasteiger charge is -2.10. The number of rotatable bonds is 5. The van der Waals surface area contributed by atoms with Crippen LogP contribution in [0.3, 0.4) is 0 Å². The zero-order valence-corrected chi connectivity index (χ0v) is 9.25. The second-order valence-corrected chi connectivity index (χ2v) is 3.12. The van der Waals surface area contributed by atoms with Gasteiger partial charge in [-0.05, 0) is 18.7 Å². The maximum Gasteiger partial charge on any atom is 0.179 e. The molecule has 1 rings (SSSR count). The van der Waals surface area contributed by atoms with Gasteiger partial charge in [-0.1, -0.05) is 0 Å². The molecule has 16 heavy (non-hydrogen) atoms. The van der Waals surface area contributed by atoms with Gasteiger partial charge in [0.05, 0.1) is 19.8 Å². The molecule has 0 unspecified atom stereocenters. The highest BCUT2D eigenvalue weighted by Crippen LogP contribution is 2.29. The van der Waals surface area contributed by atoms with Crippen molar-refractivity contribution in [2.75, 3.05) is 20.8 Å². The summed E-state index contributed by atoms with van der Waals surface area (Å²) in [7, 11) is 2.71. The first-order valence-corrected chi connectivity index (χ1v) is 4.79. The van der Waals surface area contributed by atoms with Gasteiger partial charge in [0.15, 0.2) is 17.3 Å². The predicted molar refractivity (Wildman–Crippen MR) is 57.5 cm³/mol. The van der Waals surface area contributed by atoms with Crippen LogP contribution in [0.5, 0.6) is 11.5 Å². The molecule has 0 amide bonds. The molecule has 0 radical (unpaired) electrons. The van der Waals surface area contributed by atoms with Crippen LogP contribution in [0.1, 0.15) is 16.8 Å². The molecule has 0 bridgehead atoms. The van der Waals surface area contributed by atoms with Crippen LogP contribution in [0.2, 0.25) is 0 Å². The van der Waals surface area contributed by atoms with E-state index in [1.165, 1.54) is 26.4 Å². The van der Waals surface area contributed by atoms with E-state index in [0.29, 0.717) is 0 Å². The minimum Gasteiger partial charge on any atom is -0.496 e. The standard InChI is InChI=1S/C11H14FNO3/c1-15-8-3-4-9(16-2)11(12)10(8)7(14)5-6-13/h3-4H,5-6,13H2,1-2H3. The number of nitrogens with two attached hydrogens (primary N) is 1. The van der Waals surface area contributed by atoms with Gasteiger partial charge in [-0.25, -0.2) is 4.39 Å². The van der Waals surface area contributed by atoms with Crippen molar-refractivity contribution >= 4 is 5.78 Å². The number of benzene rings is 1. The first-order chi connectivity index (χ1) is 7.65. The van der Waals surface area contributed by atoms with Crippen LogP contribution in [0.4, 0.5) is 4.39 Å². The lowest BCUT2D eigenvalue weighted by atomic mass is 10.1. The van der Waals surface area contributed by atoms with Crippen LogP contribution < -0.4 is 15.2 Å². The average Bonchev–Trinajstić information content (AvgIpc) is 2.28. The Balaban J connectivity index is 3.26. The number of halogens is 1. The Hall–Kier alpha value is -1.62. The summed E-state index contributed by atoms with van der Waals surface area (Å²) < 4.78 is 23.6. The number of Topliss-reactive ketones (excluding diaryl/α,β-unsaturated/α-hetero) is 1. The Morgan fingerprint density at radius 2 is 1.88 bits per heavy atom. The van der Waals surface area contributed by atoms with E-state index in [-0.39, 0.29) is 30.0 Å². The molecule has 88 valence electrons. The molecule has 0 spiro atoms. The van der Waals surface area contributed by atoms with Gasteiger partial charge in [0.1, 0.15) is 5.75 Å². The highest BCUT2D eigenvalue weighted by atomic mass is 19.1. The van der Waals surface area contributed by atoms with E-state index in [4.69, 9.17) is 15.2 Å². The fourth-order valence-electron chi connectivity index (χ4n) is 1.38. The van der Waals surface area contributed by atoms with E-state index >= 15 is 0 Å². The monoisotopic (exact) mass is 227 g/mol. The molecule has 4 nitrogen and oxygen atoms in total. The predicted octanol–water partition coefficient (Wildman–Crippen LogP) is 1.37. The smallest absolute Gasteiger partial charge is 0.179 e. The second kappa shape index (κ2) is 5.46. The topological polar surface area (TPSA) is 61.5 Å². The Morgan fingerprint density at radius 3 is 2.38 bits per heavy atom. The zero-order valence-electron chi connectivity index (χ0n) is 9.25. The third-order valence-electron chi connectivity index (χ3n) is 2.16. The van der Waals surface area contributed by atoms with Gasteiger partial charge in [0, 0.05) is 6.42 Å². The molecule has 1 aromatic rings. The summed E-state index contributed by atoms with van der Waals surface area (Å²) in [5.41, 5.74) is 5.16. The highest BCUT2D eigenvalue weighted by molar-refractivity contribution is 5.99. The van der Waals surface area contributed by atoms with Crippen molar-refractivity contribution in [3.8, 4) is 11.5 Å². The number of carbonyl (C=O) groups is 1. The minimum absolute atomic E-state index is 0.0150. The first-order valence-electron chi connectivity index (χ1n) is 4.79. The van der Waals surface area contributed by atoms with Crippen LogP contribution in [0.25, 0.3) is 0 Å². The molecule has 0 aliphatic heterocycles. The van der Waals surface area contributed by atoms with E-state index in [1.54, 1.807) is 0 Å². The summed E-state index contributed by atoms with van der Waals surface area (Å²) >= 11 is 0. The average molecular weight is 227 g/mol. The molecular weight excluding hydrogens is 213 g/mol. The molecule has 0 atom stereocenters. The minimum atomic E-state index is -0.708. The summed E-state index contributed by atoms with van der Waals surface area (Å²) in [4.78, 5) is 11.7. The van der Waals surface area contributed by atoms with Gasteiger partial charge >= 0.3 is 0 Å². The van der Waals surface area contributed by atoms with Crippen molar-refractivity contribution in [2.45, 2.75) is 6.42 Å². The summed E-state index contributed by atoms with van der Waals surface area (Å²) in [5, 5.41) is 0. The van der Waals surface area contributed by atoms with Crippen LogP contribution in [-0.2, 0) is 0 Å². The van der Waals surface area contributed by atoms with Gasteiger partial charge < -0.3 is 15.2 Å². The van der Waals surface area contributed by atoms with Crippen LogP contribution in [0, 0.1) is 5.82 Å². The number of hydrogen-bond donors (Lipinski definition) is 1. The normalized spacial score (nSPS) is 10.0. The molecule has 0 fully saturated rings. The van der Waals surface area contributed by atoms with Crippen molar-refractivity contribution < 1.29 is 18.7 Å². The van der Waals surface area contributed by atoms with Crippen molar-refractivity contribution in [1.82, 2.24) is 0 Å². The van der Waals surface area contributed by atoms with Crippen molar-refractivity contribution in [3.05, 3.63) is 23.5 Å². The molecule has 0 aliphatic rings. The van der Waals surface area contributed by atoms with Gasteiger partial charge in [-0.15, -0.1) is 0 Å². The molecular formula is C11H14FNO3. The van der Waals surface area contributed by atoms with Crippen LogP contribution in [0.15, 0.2) is 12.1 Å². The fourth-order valence-corrected chi connectivity index (χ4v) is 1.38. The summed E-state index contributed by atoms with van der Waals surface area (Å²) in [6.07, 6.45) is 0.0699. The number of carbonyl (C=O) groups excluding carboxylic acids is 1. The third kappa shape index (κ3) is 2.30. The van der Waals surface area contributed by atoms with Crippen molar-refractivity contribution in [1.29, 1.82) is 0 Å². The molecule has 0 aliphatic carbocycles. The van der Waals surface area contributed by atoms with Gasteiger partial charge in [-0.3, -0.25) is 4.79 Å². The molecule has 0 heterocycles. The third-order valence-corrected chi connectivity index (χ3v) is 2.16. The second-order valence-electron chi connectivity index (χ2n) is 3.12. The van der Waals surface area contributed by atoms with Gasteiger partial charge in [-0.2, -0.15) is 0 Å². The SMILES string of the molecule is COc1ccc(OC)c(C(=O)CCN)c1F. The molecule has 2 N–H and O–H groups in total. The Morgan fingerprint density at radius 1 is 1.31 bits per heavy atom. The summed E-state index contributed by atoms with van der Waals surface area (Å²) in [5.74, 6) is -0.894. The lowest BCUT2D eigenvalue weighted by molar-refractivity contribution is 0.0977. The van der Waals surface area contributed by atoms with Crippen LogP contribution in [-0.4, -0.2) is 26.5 Å². The Bertz CT molecular complexity index is 393. The van der Waals surface area contributed by atoms with E-state index in [9.17, 15) is 9.18 Å². The maximum absolute atomic E-state index is 13.8. The molecule has 5 heteroatoms. The first kappa shape index (κ1) is 12.4. The number of hydrogen-bond acceptors (Lipinski definition) is 4. The molecule has 0 saturated carbocycles. The number of ketones is 1.